The molecule has 22 heavy (non-hydrogen) atoms. The van der Waals surface area contributed by atoms with Gasteiger partial charge in [-0.25, -0.2) is 4.79 Å². The first kappa shape index (κ1) is 17.8. The van der Waals surface area contributed by atoms with Crippen LogP contribution >= 0.6 is 0 Å². The predicted molar refractivity (Wildman–Crippen MR) is 84.9 cm³/mol. The van der Waals surface area contributed by atoms with E-state index in [4.69, 9.17) is 9.47 Å². The monoisotopic (exact) mass is 305 g/mol. The molecule has 1 N–H and O–H groups in total. The highest BCUT2D eigenvalue weighted by molar-refractivity contribution is 5.96. The van der Waals surface area contributed by atoms with E-state index in [0.29, 0.717) is 11.3 Å². The summed E-state index contributed by atoms with van der Waals surface area (Å²) in [5.41, 5.74) is 1.21. The molecule has 1 rings (SSSR count). The number of nitrogens with one attached hydrogen (secondary N) is 1. The highest BCUT2D eigenvalue weighted by Crippen LogP contribution is 2.12. The Bertz CT molecular complexity index is 534. The number of hydrogen-bond donors (Lipinski definition) is 1. The third kappa shape index (κ3) is 5.24. The average molecular weight is 305 g/mol. The highest BCUT2D eigenvalue weighted by atomic mass is 16.5. The Kier molecular flexibility index (Phi) is 6.63. The van der Waals surface area contributed by atoms with E-state index in [-0.39, 0.29) is 18.4 Å². The van der Waals surface area contributed by atoms with Crippen LogP contribution in [0.25, 0.3) is 0 Å². The zero-order valence-corrected chi connectivity index (χ0v) is 13.5. The van der Waals surface area contributed by atoms with Gasteiger partial charge in [-0.3, -0.25) is 4.79 Å². The van der Waals surface area contributed by atoms with Crippen LogP contribution in [-0.4, -0.2) is 31.6 Å². The lowest BCUT2D eigenvalue weighted by Gasteiger charge is -2.21. The number of methoxy groups -OCH3 is 1. The molecule has 0 saturated heterocycles. The molecule has 1 aromatic carbocycles. The van der Waals surface area contributed by atoms with E-state index in [0.717, 1.165) is 5.57 Å². The van der Waals surface area contributed by atoms with Gasteiger partial charge in [-0.15, -0.1) is 0 Å². The number of benzene rings is 1. The van der Waals surface area contributed by atoms with Crippen LogP contribution < -0.4 is 10.1 Å². The van der Waals surface area contributed by atoms with E-state index in [1.165, 1.54) is 0 Å². The number of carbonyl (C=O) groups excluding carboxylic acids is 2. The van der Waals surface area contributed by atoms with Crippen LogP contribution in [0.3, 0.4) is 0 Å². The van der Waals surface area contributed by atoms with Crippen molar-refractivity contribution >= 4 is 11.9 Å². The maximum atomic E-state index is 12.2. The second-order valence-electron chi connectivity index (χ2n) is 5.49. The third-order valence-electron chi connectivity index (χ3n) is 3.02. The summed E-state index contributed by atoms with van der Waals surface area (Å²) in [5, 5.41) is 2.71. The second kappa shape index (κ2) is 8.22. The van der Waals surface area contributed by atoms with E-state index < -0.39 is 12.0 Å². The summed E-state index contributed by atoms with van der Waals surface area (Å²) >= 11 is 0. The molecule has 0 aliphatic rings. The van der Waals surface area contributed by atoms with Crippen molar-refractivity contribution in [2.24, 2.45) is 5.92 Å². The molecule has 0 aromatic heterocycles. The lowest BCUT2D eigenvalue weighted by molar-refractivity contribution is -0.146. The molecular formula is C17H23NO4. The predicted octanol–water partition coefficient (Wildman–Crippen LogP) is 2.57. The smallest absolute Gasteiger partial charge is 0.329 e. The Hall–Kier alpha value is -2.30. The van der Waals surface area contributed by atoms with Crippen LogP contribution in [0.5, 0.6) is 5.75 Å². The van der Waals surface area contributed by atoms with Crippen molar-refractivity contribution in [1.82, 2.24) is 5.32 Å². The first-order chi connectivity index (χ1) is 10.3. The Morgan fingerprint density at radius 2 is 1.82 bits per heavy atom. The second-order valence-corrected chi connectivity index (χ2v) is 5.49. The summed E-state index contributed by atoms with van der Waals surface area (Å²) in [6.07, 6.45) is 0. The van der Waals surface area contributed by atoms with E-state index in [1.807, 2.05) is 13.8 Å². The minimum Gasteiger partial charge on any atom is -0.497 e. The minimum atomic E-state index is -0.700. The molecule has 1 aromatic rings. The SMILES string of the molecule is C=C(C)COC(=O)[C@H](NC(=O)c1ccc(OC)cc1)C(C)C. The molecule has 0 radical (unpaired) electrons. The van der Waals surface area contributed by atoms with Gasteiger partial charge in [0.05, 0.1) is 7.11 Å². The van der Waals surface area contributed by atoms with Crippen LogP contribution in [0.1, 0.15) is 31.1 Å². The van der Waals surface area contributed by atoms with Crippen LogP contribution in [0.15, 0.2) is 36.4 Å². The van der Waals surface area contributed by atoms with Gasteiger partial charge in [0.2, 0.25) is 0 Å². The largest absolute Gasteiger partial charge is 0.497 e. The van der Waals surface area contributed by atoms with Crippen molar-refractivity contribution in [1.29, 1.82) is 0 Å². The van der Waals surface area contributed by atoms with Crippen molar-refractivity contribution in [2.75, 3.05) is 13.7 Å². The van der Waals surface area contributed by atoms with E-state index in [9.17, 15) is 9.59 Å². The number of carbonyl (C=O) groups is 2. The van der Waals surface area contributed by atoms with E-state index in [2.05, 4.69) is 11.9 Å². The fourth-order valence-corrected chi connectivity index (χ4v) is 1.75. The fraction of sp³-hybridized carbons (Fsp3) is 0.412. The Morgan fingerprint density at radius 3 is 2.27 bits per heavy atom. The van der Waals surface area contributed by atoms with Gasteiger partial charge in [-0.1, -0.05) is 20.4 Å². The highest BCUT2D eigenvalue weighted by Gasteiger charge is 2.26. The molecule has 0 fully saturated rings. The Morgan fingerprint density at radius 1 is 1.23 bits per heavy atom. The molecular weight excluding hydrogens is 282 g/mol. The van der Waals surface area contributed by atoms with Gasteiger partial charge < -0.3 is 14.8 Å². The van der Waals surface area contributed by atoms with Gasteiger partial charge >= 0.3 is 5.97 Å². The van der Waals surface area contributed by atoms with Crippen LogP contribution in [0, 0.1) is 5.92 Å². The normalized spacial score (nSPS) is 11.7. The molecule has 1 atom stereocenters. The van der Waals surface area contributed by atoms with Crippen molar-refractivity contribution in [3.05, 3.63) is 42.0 Å². The van der Waals surface area contributed by atoms with Gasteiger partial charge in [-0.05, 0) is 42.7 Å². The van der Waals surface area contributed by atoms with Gasteiger partial charge in [0.15, 0.2) is 0 Å². The summed E-state index contributed by atoms with van der Waals surface area (Å²) in [4.78, 5) is 24.3. The fourth-order valence-electron chi connectivity index (χ4n) is 1.75. The molecule has 120 valence electrons. The van der Waals surface area contributed by atoms with Crippen molar-refractivity contribution in [3.8, 4) is 5.75 Å². The van der Waals surface area contributed by atoms with Crippen molar-refractivity contribution < 1.29 is 19.1 Å². The van der Waals surface area contributed by atoms with Gasteiger partial charge in [0, 0.05) is 5.56 Å². The standard InChI is InChI=1S/C17H23NO4/c1-11(2)10-22-17(20)15(12(3)4)18-16(19)13-6-8-14(21-5)9-7-13/h6-9,12,15H,1,10H2,2-5H3,(H,18,19)/t15-/m1/s1. The number of esters is 1. The molecule has 0 heterocycles. The summed E-state index contributed by atoms with van der Waals surface area (Å²) < 4.78 is 10.2. The summed E-state index contributed by atoms with van der Waals surface area (Å²) in [6, 6.07) is 5.97. The lowest BCUT2D eigenvalue weighted by atomic mass is 10.0. The van der Waals surface area contributed by atoms with Crippen molar-refractivity contribution in [2.45, 2.75) is 26.8 Å². The molecule has 0 bridgehead atoms. The molecule has 0 spiro atoms. The first-order valence-corrected chi connectivity index (χ1v) is 7.11. The van der Waals surface area contributed by atoms with Crippen LogP contribution in [-0.2, 0) is 9.53 Å². The number of rotatable bonds is 7. The van der Waals surface area contributed by atoms with Gasteiger partial charge in [0.1, 0.15) is 18.4 Å². The Balaban J connectivity index is 2.74. The first-order valence-electron chi connectivity index (χ1n) is 7.11. The molecule has 5 heteroatoms. The third-order valence-corrected chi connectivity index (χ3v) is 3.02. The number of amides is 1. The molecule has 0 unspecified atom stereocenters. The summed E-state index contributed by atoms with van der Waals surface area (Å²) in [6.45, 7) is 9.30. The molecule has 0 aliphatic carbocycles. The molecule has 1 amide bonds. The summed E-state index contributed by atoms with van der Waals surface area (Å²) in [5.74, 6) is -0.203. The van der Waals surface area contributed by atoms with E-state index in [1.54, 1.807) is 38.3 Å². The lowest BCUT2D eigenvalue weighted by Crippen LogP contribution is -2.45. The maximum Gasteiger partial charge on any atom is 0.329 e. The van der Waals surface area contributed by atoms with Gasteiger partial charge in [0.25, 0.3) is 5.91 Å². The Labute approximate surface area is 131 Å². The van der Waals surface area contributed by atoms with Crippen LogP contribution in [0.2, 0.25) is 0 Å². The molecule has 0 saturated carbocycles. The number of ether oxygens (including phenoxy) is 2. The quantitative estimate of drug-likeness (QED) is 0.621. The van der Waals surface area contributed by atoms with Crippen LogP contribution in [0.4, 0.5) is 0 Å². The average Bonchev–Trinajstić information content (AvgIpc) is 2.49. The maximum absolute atomic E-state index is 12.2. The van der Waals surface area contributed by atoms with E-state index >= 15 is 0 Å². The molecule has 0 aliphatic heterocycles. The zero-order valence-electron chi connectivity index (χ0n) is 13.5. The van der Waals surface area contributed by atoms with Gasteiger partial charge in [-0.2, -0.15) is 0 Å². The zero-order chi connectivity index (χ0) is 16.7. The molecule has 5 nitrogen and oxygen atoms in total. The number of hydrogen-bond acceptors (Lipinski definition) is 4. The minimum absolute atomic E-state index is 0.0835. The van der Waals surface area contributed by atoms with Crippen molar-refractivity contribution in [3.63, 3.8) is 0 Å². The topological polar surface area (TPSA) is 64.6 Å². The summed E-state index contributed by atoms with van der Waals surface area (Å²) in [7, 11) is 1.56.